The van der Waals surface area contributed by atoms with Crippen LogP contribution in [0.5, 0.6) is 0 Å². The van der Waals surface area contributed by atoms with Crippen LogP contribution in [0, 0.1) is 5.41 Å². The van der Waals surface area contributed by atoms with Crippen molar-refractivity contribution in [2.45, 2.75) is 52.6 Å². The maximum Gasteiger partial charge on any atom is 0.389 e. The summed E-state index contributed by atoms with van der Waals surface area (Å²) in [4.78, 5) is 25.5. The largest absolute Gasteiger partial charge is 0.528 e. The SMILES string of the molecule is [B]OC(=O)NC(C(=O)N1CCCC1C)C(C)(C)C. The number of hydrogen-bond acceptors (Lipinski definition) is 3. The zero-order chi connectivity index (χ0) is 13.9. The molecule has 18 heavy (non-hydrogen) atoms. The van der Waals surface area contributed by atoms with Crippen LogP contribution in [0.2, 0.25) is 0 Å². The molecule has 1 rings (SSSR count). The minimum absolute atomic E-state index is 0.0714. The van der Waals surface area contributed by atoms with Crippen LogP contribution in [0.4, 0.5) is 4.79 Å². The van der Waals surface area contributed by atoms with Gasteiger partial charge < -0.3 is 14.9 Å². The third kappa shape index (κ3) is 3.40. The van der Waals surface area contributed by atoms with Gasteiger partial charge in [0.15, 0.2) is 0 Å². The number of amides is 2. The van der Waals surface area contributed by atoms with Gasteiger partial charge in [-0.1, -0.05) is 20.8 Å². The Bertz CT molecular complexity index is 328. The fourth-order valence-electron chi connectivity index (χ4n) is 2.23. The highest BCUT2D eigenvalue weighted by Crippen LogP contribution is 2.25. The second-order valence-electron chi connectivity index (χ2n) is 5.87. The highest BCUT2D eigenvalue weighted by Gasteiger charge is 2.38. The van der Waals surface area contributed by atoms with E-state index in [2.05, 4.69) is 9.97 Å². The van der Waals surface area contributed by atoms with Gasteiger partial charge in [0.1, 0.15) is 6.04 Å². The van der Waals surface area contributed by atoms with Crippen molar-refractivity contribution in [2.75, 3.05) is 6.54 Å². The molecular formula is C12H21BN2O3. The molecule has 1 fully saturated rings. The average molecular weight is 252 g/mol. The molecular weight excluding hydrogens is 231 g/mol. The van der Waals surface area contributed by atoms with E-state index < -0.39 is 17.6 Å². The first kappa shape index (κ1) is 14.9. The van der Waals surface area contributed by atoms with Crippen LogP contribution in [0.1, 0.15) is 40.5 Å². The number of nitrogens with zero attached hydrogens (tertiary/aromatic N) is 1. The molecule has 6 heteroatoms. The standard InChI is InChI=1S/C12H21BN2O3/c1-8-6-5-7-15(8)10(16)9(12(2,3)4)14-11(17)18-13/h8-9H,5-7H2,1-4H3,(H,14,17). The highest BCUT2D eigenvalue weighted by molar-refractivity contribution is 6.05. The molecule has 0 aliphatic carbocycles. The average Bonchev–Trinajstić information content (AvgIpc) is 2.69. The van der Waals surface area contributed by atoms with Gasteiger partial charge in [-0.05, 0) is 25.2 Å². The van der Waals surface area contributed by atoms with E-state index in [9.17, 15) is 9.59 Å². The van der Waals surface area contributed by atoms with E-state index in [4.69, 9.17) is 8.05 Å². The molecule has 1 N–H and O–H groups in total. The van der Waals surface area contributed by atoms with Gasteiger partial charge in [-0.3, -0.25) is 4.79 Å². The summed E-state index contributed by atoms with van der Waals surface area (Å²) >= 11 is 0. The molecule has 0 spiro atoms. The molecule has 0 aromatic rings. The van der Waals surface area contributed by atoms with Gasteiger partial charge in [0.05, 0.1) is 0 Å². The van der Waals surface area contributed by atoms with E-state index in [1.165, 1.54) is 0 Å². The summed E-state index contributed by atoms with van der Waals surface area (Å²) in [6, 6.07) is -0.410. The van der Waals surface area contributed by atoms with Gasteiger partial charge in [-0.15, -0.1) is 0 Å². The van der Waals surface area contributed by atoms with Crippen LogP contribution in [-0.4, -0.2) is 43.6 Å². The van der Waals surface area contributed by atoms with Crippen LogP contribution in [-0.2, 0) is 9.45 Å². The quantitative estimate of drug-likeness (QED) is 0.752. The number of carbonyl (C=O) groups excluding carboxylic acids is 2. The lowest BCUT2D eigenvalue weighted by atomic mass is 9.85. The van der Waals surface area contributed by atoms with E-state index in [0.717, 1.165) is 19.4 Å². The van der Waals surface area contributed by atoms with Gasteiger partial charge >= 0.3 is 14.1 Å². The third-order valence-electron chi connectivity index (χ3n) is 3.32. The van der Waals surface area contributed by atoms with E-state index in [0.29, 0.717) is 0 Å². The summed E-state index contributed by atoms with van der Waals surface area (Å²) in [6.07, 6.45) is 1.23. The summed E-state index contributed by atoms with van der Waals surface area (Å²) in [5.74, 6) is -0.0714. The lowest BCUT2D eigenvalue weighted by molar-refractivity contribution is -0.136. The van der Waals surface area contributed by atoms with Gasteiger partial charge in [0, 0.05) is 12.6 Å². The summed E-state index contributed by atoms with van der Waals surface area (Å²) < 4.78 is 4.09. The van der Waals surface area contributed by atoms with Crippen molar-refractivity contribution >= 4 is 20.0 Å². The highest BCUT2D eigenvalue weighted by atomic mass is 16.5. The lowest BCUT2D eigenvalue weighted by Gasteiger charge is -2.34. The van der Waals surface area contributed by atoms with Crippen LogP contribution in [0.25, 0.3) is 0 Å². The van der Waals surface area contributed by atoms with Gasteiger partial charge in [-0.25, -0.2) is 4.79 Å². The van der Waals surface area contributed by atoms with Crippen molar-refractivity contribution < 1.29 is 14.2 Å². The third-order valence-corrected chi connectivity index (χ3v) is 3.32. The van der Waals surface area contributed by atoms with Crippen molar-refractivity contribution in [3.8, 4) is 0 Å². The monoisotopic (exact) mass is 252 g/mol. The molecule has 1 aliphatic rings. The van der Waals surface area contributed by atoms with Crippen molar-refractivity contribution in [3.05, 3.63) is 0 Å². The fraction of sp³-hybridized carbons (Fsp3) is 0.833. The van der Waals surface area contributed by atoms with Crippen LogP contribution in [0.15, 0.2) is 0 Å². The molecule has 0 aromatic carbocycles. The topological polar surface area (TPSA) is 58.6 Å². The smallest absolute Gasteiger partial charge is 0.389 e. The van der Waals surface area contributed by atoms with Crippen molar-refractivity contribution in [1.29, 1.82) is 0 Å². The summed E-state index contributed by atoms with van der Waals surface area (Å²) in [5.41, 5.74) is -0.395. The molecule has 0 aromatic heterocycles. The lowest BCUT2D eigenvalue weighted by Crippen LogP contribution is -2.55. The molecule has 1 aliphatic heterocycles. The number of rotatable bonds is 2. The Labute approximate surface area is 110 Å². The van der Waals surface area contributed by atoms with Crippen LogP contribution < -0.4 is 5.32 Å². The minimum Gasteiger partial charge on any atom is -0.528 e. The van der Waals surface area contributed by atoms with Crippen LogP contribution in [0.3, 0.4) is 0 Å². The van der Waals surface area contributed by atoms with E-state index >= 15 is 0 Å². The molecule has 2 amide bonds. The van der Waals surface area contributed by atoms with Gasteiger partial charge in [-0.2, -0.15) is 0 Å². The van der Waals surface area contributed by atoms with Gasteiger partial charge in [0.25, 0.3) is 0 Å². The molecule has 2 radical (unpaired) electrons. The Morgan fingerprint density at radius 3 is 2.44 bits per heavy atom. The first-order valence-corrected chi connectivity index (χ1v) is 6.25. The maximum atomic E-state index is 12.5. The first-order valence-electron chi connectivity index (χ1n) is 6.25. The zero-order valence-corrected chi connectivity index (χ0v) is 11.5. The number of nitrogens with one attached hydrogen (secondary N) is 1. The Balaban J connectivity index is 2.82. The van der Waals surface area contributed by atoms with Crippen molar-refractivity contribution in [1.82, 2.24) is 10.2 Å². The van der Waals surface area contributed by atoms with E-state index in [1.807, 2.05) is 32.6 Å². The second-order valence-corrected chi connectivity index (χ2v) is 5.87. The molecule has 100 valence electrons. The normalized spacial score (nSPS) is 21.6. The fourth-order valence-corrected chi connectivity index (χ4v) is 2.23. The predicted molar refractivity (Wildman–Crippen MR) is 69.0 cm³/mol. The van der Waals surface area contributed by atoms with Crippen molar-refractivity contribution in [3.63, 3.8) is 0 Å². The molecule has 1 saturated heterocycles. The van der Waals surface area contributed by atoms with Crippen LogP contribution >= 0.6 is 0 Å². The second kappa shape index (κ2) is 5.63. The van der Waals surface area contributed by atoms with E-state index in [-0.39, 0.29) is 11.9 Å². The Hall–Kier alpha value is -1.20. The molecule has 0 bridgehead atoms. The summed E-state index contributed by atoms with van der Waals surface area (Å²) in [6.45, 7) is 8.45. The zero-order valence-electron chi connectivity index (χ0n) is 11.5. The number of carbonyl (C=O) groups is 2. The van der Waals surface area contributed by atoms with E-state index in [1.54, 1.807) is 0 Å². The maximum absolute atomic E-state index is 12.5. The number of hydrogen-bond donors (Lipinski definition) is 1. The molecule has 0 saturated carbocycles. The summed E-state index contributed by atoms with van der Waals surface area (Å²) in [5, 5.41) is 2.53. The first-order chi connectivity index (χ1) is 8.27. The predicted octanol–water partition coefficient (Wildman–Crippen LogP) is 1.22. The minimum atomic E-state index is -0.782. The number of likely N-dealkylation sites (tertiary alicyclic amines) is 1. The Morgan fingerprint density at radius 2 is 2.06 bits per heavy atom. The Morgan fingerprint density at radius 1 is 1.44 bits per heavy atom. The Kier molecular flexibility index (Phi) is 4.65. The molecule has 1 heterocycles. The summed E-state index contributed by atoms with van der Waals surface area (Å²) in [7, 11) is 4.81. The molecule has 2 unspecified atom stereocenters. The molecule has 2 atom stereocenters. The van der Waals surface area contributed by atoms with Gasteiger partial charge in [0.2, 0.25) is 5.91 Å². The van der Waals surface area contributed by atoms with Crippen molar-refractivity contribution in [2.24, 2.45) is 5.41 Å². The molecule has 5 nitrogen and oxygen atoms in total.